The van der Waals surface area contributed by atoms with E-state index in [0.717, 1.165) is 50.3 Å². The first kappa shape index (κ1) is 16.3. The molecule has 1 saturated carbocycles. The van der Waals surface area contributed by atoms with Crippen LogP contribution in [0.1, 0.15) is 56.2 Å². The van der Waals surface area contributed by atoms with Gasteiger partial charge in [0.15, 0.2) is 5.82 Å². The van der Waals surface area contributed by atoms with Gasteiger partial charge in [-0.25, -0.2) is 0 Å². The first-order chi connectivity index (χ1) is 12.3. The lowest BCUT2D eigenvalue weighted by molar-refractivity contribution is -0.116. The van der Waals surface area contributed by atoms with Crippen LogP contribution in [0, 0.1) is 0 Å². The molecule has 1 unspecified atom stereocenters. The fourth-order valence-corrected chi connectivity index (χ4v) is 3.03. The molecule has 25 heavy (non-hydrogen) atoms. The summed E-state index contributed by atoms with van der Waals surface area (Å²) >= 11 is 0. The Morgan fingerprint density at radius 3 is 3.08 bits per heavy atom. The molecule has 2 aliphatic rings. The Bertz CT molecular complexity index is 715. The highest BCUT2D eigenvalue weighted by atomic mass is 16.5. The monoisotopic (exact) mass is 345 g/mol. The Hall–Kier alpha value is -2.22. The van der Waals surface area contributed by atoms with Crippen LogP contribution >= 0.6 is 0 Å². The number of nitrogens with one attached hydrogen (secondary N) is 1. The molecule has 2 aromatic rings. The first-order valence-corrected chi connectivity index (χ1v) is 9.02. The van der Waals surface area contributed by atoms with Crippen LogP contribution < -0.4 is 5.32 Å². The van der Waals surface area contributed by atoms with E-state index in [4.69, 9.17) is 9.26 Å². The van der Waals surface area contributed by atoms with Crippen LogP contribution in [0.5, 0.6) is 0 Å². The Morgan fingerprint density at radius 2 is 2.28 bits per heavy atom. The maximum Gasteiger partial charge on any atom is 0.226 e. The average molecular weight is 345 g/mol. The van der Waals surface area contributed by atoms with Crippen molar-refractivity contribution in [2.45, 2.75) is 63.5 Å². The summed E-state index contributed by atoms with van der Waals surface area (Å²) in [4.78, 5) is 16.4. The molecule has 0 bridgehead atoms. The topological polar surface area (TPSA) is 95.1 Å². The second kappa shape index (κ2) is 7.35. The second-order valence-corrected chi connectivity index (χ2v) is 6.81. The van der Waals surface area contributed by atoms with Crippen molar-refractivity contribution in [3.63, 3.8) is 0 Å². The fraction of sp³-hybridized carbons (Fsp3) is 0.647. The van der Waals surface area contributed by atoms with Gasteiger partial charge in [-0.2, -0.15) is 10.1 Å². The van der Waals surface area contributed by atoms with Crippen LogP contribution in [0.25, 0.3) is 0 Å². The maximum atomic E-state index is 12.0. The highest BCUT2D eigenvalue weighted by Gasteiger charge is 2.28. The predicted molar refractivity (Wildman–Crippen MR) is 89.0 cm³/mol. The summed E-state index contributed by atoms with van der Waals surface area (Å²) in [6, 6.07) is 0. The van der Waals surface area contributed by atoms with Gasteiger partial charge in [0.05, 0.1) is 24.5 Å². The van der Waals surface area contributed by atoms with Gasteiger partial charge >= 0.3 is 0 Å². The van der Waals surface area contributed by atoms with Gasteiger partial charge in [-0.15, -0.1) is 0 Å². The number of anilines is 1. The van der Waals surface area contributed by atoms with Crippen molar-refractivity contribution in [1.29, 1.82) is 0 Å². The zero-order chi connectivity index (χ0) is 17.1. The largest absolute Gasteiger partial charge is 0.376 e. The molecule has 1 amide bonds. The summed E-state index contributed by atoms with van der Waals surface area (Å²) in [6.45, 7) is 1.56. The highest BCUT2D eigenvalue weighted by molar-refractivity contribution is 5.90. The van der Waals surface area contributed by atoms with Crippen molar-refractivity contribution in [3.8, 4) is 0 Å². The Morgan fingerprint density at radius 1 is 1.36 bits per heavy atom. The summed E-state index contributed by atoms with van der Waals surface area (Å²) in [5.41, 5.74) is 0.719. The molecule has 4 rings (SSSR count). The van der Waals surface area contributed by atoms with E-state index in [1.165, 1.54) is 0 Å². The average Bonchev–Trinajstić information content (AvgIpc) is 3.00. The molecule has 0 radical (unpaired) electrons. The molecule has 2 fully saturated rings. The molecule has 0 spiro atoms. The number of rotatable bonds is 8. The van der Waals surface area contributed by atoms with Gasteiger partial charge in [0.2, 0.25) is 11.8 Å². The summed E-state index contributed by atoms with van der Waals surface area (Å²) in [6.07, 6.45) is 9.97. The highest BCUT2D eigenvalue weighted by Crippen LogP contribution is 2.38. The van der Waals surface area contributed by atoms with E-state index in [-0.39, 0.29) is 12.0 Å². The number of carbonyl (C=O) groups is 1. The molecule has 1 saturated heterocycles. The number of amides is 1. The Labute approximate surface area is 145 Å². The van der Waals surface area contributed by atoms with Crippen LogP contribution in [-0.2, 0) is 22.5 Å². The summed E-state index contributed by atoms with van der Waals surface area (Å²) < 4.78 is 12.6. The van der Waals surface area contributed by atoms with Gasteiger partial charge in [0.25, 0.3) is 0 Å². The van der Waals surface area contributed by atoms with Gasteiger partial charge < -0.3 is 14.6 Å². The smallest absolute Gasteiger partial charge is 0.226 e. The molecule has 2 aromatic heterocycles. The minimum absolute atomic E-state index is 0.0291. The van der Waals surface area contributed by atoms with Crippen LogP contribution in [0.15, 0.2) is 16.9 Å². The quantitative estimate of drug-likeness (QED) is 0.789. The third-order valence-corrected chi connectivity index (χ3v) is 4.55. The number of hydrogen-bond acceptors (Lipinski definition) is 6. The molecule has 1 N–H and O–H groups in total. The summed E-state index contributed by atoms with van der Waals surface area (Å²) in [5.74, 6) is 1.91. The number of aromatic nitrogens is 4. The summed E-state index contributed by atoms with van der Waals surface area (Å²) in [7, 11) is 0. The molecular weight excluding hydrogens is 322 g/mol. The molecule has 3 heterocycles. The van der Waals surface area contributed by atoms with Crippen molar-refractivity contribution in [1.82, 2.24) is 19.9 Å². The lowest BCUT2D eigenvalue weighted by atomic mass is 10.2. The molecule has 8 nitrogen and oxygen atoms in total. The van der Waals surface area contributed by atoms with Gasteiger partial charge in [-0.3, -0.25) is 9.48 Å². The zero-order valence-electron chi connectivity index (χ0n) is 14.2. The van der Waals surface area contributed by atoms with E-state index >= 15 is 0 Å². The third kappa shape index (κ3) is 4.45. The van der Waals surface area contributed by atoms with E-state index < -0.39 is 0 Å². The van der Waals surface area contributed by atoms with Crippen molar-refractivity contribution in [3.05, 3.63) is 24.1 Å². The second-order valence-electron chi connectivity index (χ2n) is 6.81. The van der Waals surface area contributed by atoms with E-state index in [1.807, 2.05) is 10.9 Å². The van der Waals surface area contributed by atoms with Gasteiger partial charge in [0.1, 0.15) is 0 Å². The molecule has 134 valence electrons. The molecule has 1 aliphatic heterocycles. The zero-order valence-corrected chi connectivity index (χ0v) is 14.2. The van der Waals surface area contributed by atoms with E-state index in [2.05, 4.69) is 20.6 Å². The Balaban J connectivity index is 1.18. The van der Waals surface area contributed by atoms with Crippen LogP contribution in [0.4, 0.5) is 5.69 Å². The van der Waals surface area contributed by atoms with Crippen molar-refractivity contribution >= 4 is 11.6 Å². The molecule has 0 aromatic carbocycles. The lowest BCUT2D eigenvalue weighted by Gasteiger charge is -2.08. The number of aryl methyl sites for hydroxylation is 1. The number of carbonyl (C=O) groups excluding carboxylic acids is 1. The number of hydrogen-bond donors (Lipinski definition) is 1. The number of ether oxygens (including phenoxy) is 1. The van der Waals surface area contributed by atoms with E-state index in [1.54, 1.807) is 6.20 Å². The standard InChI is InChI=1S/C17H23N5O3/c23-15(4-1-5-16-20-17(21-25-16)12-6-7-12)19-13-9-18-22(10-13)11-14-3-2-8-24-14/h9-10,12,14H,1-8,11H2,(H,19,23). The van der Waals surface area contributed by atoms with Crippen LogP contribution in [0.3, 0.4) is 0 Å². The normalized spacial score (nSPS) is 20.1. The first-order valence-electron chi connectivity index (χ1n) is 9.02. The van der Waals surface area contributed by atoms with E-state index in [0.29, 0.717) is 31.1 Å². The van der Waals surface area contributed by atoms with Crippen molar-refractivity contribution in [2.24, 2.45) is 0 Å². The van der Waals surface area contributed by atoms with Crippen molar-refractivity contribution in [2.75, 3.05) is 11.9 Å². The van der Waals surface area contributed by atoms with Crippen LogP contribution in [-0.4, -0.2) is 38.5 Å². The van der Waals surface area contributed by atoms with Gasteiger partial charge in [0, 0.05) is 31.6 Å². The maximum absolute atomic E-state index is 12.0. The Kier molecular flexibility index (Phi) is 4.78. The van der Waals surface area contributed by atoms with Crippen molar-refractivity contribution < 1.29 is 14.1 Å². The molecular formula is C17H23N5O3. The summed E-state index contributed by atoms with van der Waals surface area (Å²) in [5, 5.41) is 11.1. The fourth-order valence-electron chi connectivity index (χ4n) is 3.03. The SMILES string of the molecule is O=C(CCCc1nc(C2CC2)no1)Nc1cnn(CC2CCCO2)c1. The number of nitrogens with zero attached hydrogens (tertiary/aromatic N) is 4. The third-order valence-electron chi connectivity index (χ3n) is 4.55. The molecule has 1 aliphatic carbocycles. The minimum Gasteiger partial charge on any atom is -0.376 e. The molecule has 8 heteroatoms. The van der Waals surface area contributed by atoms with E-state index in [9.17, 15) is 4.79 Å². The predicted octanol–water partition coefficient (Wildman–Crippen LogP) is 2.28. The minimum atomic E-state index is -0.0291. The van der Waals surface area contributed by atoms with Gasteiger partial charge in [-0.1, -0.05) is 5.16 Å². The van der Waals surface area contributed by atoms with Crippen LogP contribution in [0.2, 0.25) is 0 Å². The lowest BCUT2D eigenvalue weighted by Crippen LogP contribution is -2.15. The molecule has 1 atom stereocenters. The van der Waals surface area contributed by atoms with Gasteiger partial charge in [-0.05, 0) is 32.1 Å².